The number of benzene rings is 2. The molecular weight excluding hydrogens is 396 g/mol. The van der Waals surface area contributed by atoms with Gasteiger partial charge in [0.25, 0.3) is 0 Å². The molecule has 7 nitrogen and oxygen atoms in total. The van der Waals surface area contributed by atoms with Crippen LogP contribution in [0.5, 0.6) is 0 Å². The number of hydrogen-bond acceptors (Lipinski definition) is 6. The number of carbonyl (C=O) groups is 1. The minimum atomic E-state index is -0.715. The second-order valence-electron chi connectivity index (χ2n) is 8.37. The highest BCUT2D eigenvalue weighted by Gasteiger charge is 2.48. The molecule has 2 saturated heterocycles. The van der Waals surface area contributed by atoms with E-state index in [-0.39, 0.29) is 6.04 Å². The number of cyclic esters (lactones) is 1. The lowest BCUT2D eigenvalue weighted by atomic mass is 9.98. The summed E-state index contributed by atoms with van der Waals surface area (Å²) >= 11 is 0. The Morgan fingerprint density at radius 3 is 2.39 bits per heavy atom. The summed E-state index contributed by atoms with van der Waals surface area (Å²) < 4.78 is 23.7. The zero-order chi connectivity index (χ0) is 21.7. The van der Waals surface area contributed by atoms with Gasteiger partial charge in [0.1, 0.15) is 12.2 Å². The summed E-state index contributed by atoms with van der Waals surface area (Å²) in [6, 6.07) is 19.8. The fourth-order valence-electron chi connectivity index (χ4n) is 3.96. The Hall–Kier alpha value is -2.45. The molecule has 2 heterocycles. The monoisotopic (exact) mass is 426 g/mol. The summed E-state index contributed by atoms with van der Waals surface area (Å²) in [6.07, 6.45) is -1.82. The van der Waals surface area contributed by atoms with Gasteiger partial charge in [-0.3, -0.25) is 0 Å². The van der Waals surface area contributed by atoms with Gasteiger partial charge in [0, 0.05) is 13.1 Å². The van der Waals surface area contributed by atoms with E-state index < -0.39 is 30.2 Å². The maximum atomic E-state index is 12.3. The minimum absolute atomic E-state index is 0.272. The number of hydrogen-bond donors (Lipinski definition) is 2. The van der Waals surface area contributed by atoms with E-state index in [4.69, 9.17) is 18.9 Å². The van der Waals surface area contributed by atoms with Crippen molar-refractivity contribution in [1.29, 1.82) is 0 Å². The molecule has 166 valence electrons. The van der Waals surface area contributed by atoms with E-state index in [9.17, 15) is 4.79 Å². The Labute approximate surface area is 183 Å². The number of rotatable bonds is 8. The van der Waals surface area contributed by atoms with E-state index in [2.05, 4.69) is 22.8 Å². The van der Waals surface area contributed by atoms with E-state index in [0.717, 1.165) is 5.56 Å². The molecule has 2 aromatic rings. The van der Waals surface area contributed by atoms with Crippen LogP contribution in [0.3, 0.4) is 0 Å². The normalized spacial score (nSPS) is 27.5. The van der Waals surface area contributed by atoms with E-state index in [0.29, 0.717) is 26.3 Å². The van der Waals surface area contributed by atoms with Gasteiger partial charge in [0.05, 0.1) is 19.3 Å². The molecule has 0 aliphatic carbocycles. The summed E-state index contributed by atoms with van der Waals surface area (Å²) in [7, 11) is 0. The number of nitrogens with one attached hydrogen (secondary N) is 2. The van der Waals surface area contributed by atoms with Crippen LogP contribution < -0.4 is 10.6 Å². The molecule has 7 heteroatoms. The van der Waals surface area contributed by atoms with Crippen LogP contribution in [-0.2, 0) is 32.1 Å². The first-order valence-electron chi connectivity index (χ1n) is 10.7. The Balaban J connectivity index is 1.46. The van der Waals surface area contributed by atoms with Crippen molar-refractivity contribution >= 4 is 6.09 Å². The van der Waals surface area contributed by atoms with Crippen LogP contribution in [-0.4, -0.2) is 49.4 Å². The number of ether oxygens (including phenoxy) is 4. The molecule has 2 aliphatic heterocycles. The van der Waals surface area contributed by atoms with Crippen LogP contribution in [0, 0.1) is 0 Å². The first-order valence-corrected chi connectivity index (χ1v) is 10.7. The van der Waals surface area contributed by atoms with Crippen LogP contribution in [0.2, 0.25) is 0 Å². The fourth-order valence-corrected chi connectivity index (χ4v) is 3.96. The molecule has 2 aliphatic rings. The Morgan fingerprint density at radius 2 is 1.74 bits per heavy atom. The first kappa shape index (κ1) is 21.8. The summed E-state index contributed by atoms with van der Waals surface area (Å²) in [6.45, 7) is 5.70. The van der Waals surface area contributed by atoms with Gasteiger partial charge in [-0.1, -0.05) is 60.7 Å². The average Bonchev–Trinajstić information content (AvgIpc) is 3.14. The molecular formula is C24H30N2O5. The largest absolute Gasteiger partial charge is 0.440 e. The van der Waals surface area contributed by atoms with Gasteiger partial charge in [-0.15, -0.1) is 0 Å². The van der Waals surface area contributed by atoms with E-state index >= 15 is 0 Å². The van der Waals surface area contributed by atoms with E-state index in [1.54, 1.807) is 0 Å². The fraction of sp³-hybridized carbons (Fsp3) is 0.458. The lowest BCUT2D eigenvalue weighted by molar-refractivity contribution is -0.175. The van der Waals surface area contributed by atoms with Crippen LogP contribution in [0.1, 0.15) is 25.0 Å². The van der Waals surface area contributed by atoms with Gasteiger partial charge >= 0.3 is 6.09 Å². The maximum Gasteiger partial charge on any atom is 0.407 e. The third kappa shape index (κ3) is 5.83. The van der Waals surface area contributed by atoms with Crippen molar-refractivity contribution in [3.63, 3.8) is 0 Å². The lowest BCUT2D eigenvalue weighted by Gasteiger charge is -2.40. The van der Waals surface area contributed by atoms with Gasteiger partial charge in [0.15, 0.2) is 11.9 Å². The second kappa shape index (κ2) is 9.78. The van der Waals surface area contributed by atoms with Crippen molar-refractivity contribution < 1.29 is 23.7 Å². The molecule has 2 aromatic carbocycles. The predicted octanol–water partition coefficient (Wildman–Crippen LogP) is 2.99. The van der Waals surface area contributed by atoms with Crippen LogP contribution in [0.4, 0.5) is 4.79 Å². The van der Waals surface area contributed by atoms with Crippen molar-refractivity contribution in [2.45, 2.75) is 57.1 Å². The molecule has 0 saturated carbocycles. The van der Waals surface area contributed by atoms with Gasteiger partial charge in [-0.25, -0.2) is 4.79 Å². The predicted molar refractivity (Wildman–Crippen MR) is 115 cm³/mol. The first-order chi connectivity index (χ1) is 15.0. The number of carbonyl (C=O) groups excluding carboxylic acids is 1. The lowest BCUT2D eigenvalue weighted by Crippen LogP contribution is -2.63. The number of amides is 1. The molecule has 4 atom stereocenters. The molecule has 1 amide bonds. The molecule has 2 fully saturated rings. The molecule has 0 aromatic heterocycles. The van der Waals surface area contributed by atoms with Crippen LogP contribution in [0.25, 0.3) is 0 Å². The highest BCUT2D eigenvalue weighted by atomic mass is 16.8. The summed E-state index contributed by atoms with van der Waals surface area (Å²) in [5.41, 5.74) is 2.23. The van der Waals surface area contributed by atoms with Crippen molar-refractivity contribution in [2.75, 3.05) is 13.2 Å². The van der Waals surface area contributed by atoms with E-state index in [1.165, 1.54) is 5.56 Å². The number of alkyl carbamates (subject to hydrolysis) is 1. The zero-order valence-corrected chi connectivity index (χ0v) is 18.0. The summed E-state index contributed by atoms with van der Waals surface area (Å²) in [5, 5.41) is 6.34. The maximum absolute atomic E-state index is 12.3. The SMILES string of the molecule is CC1(C)OC[C@H]([C@H]2OC(=O)N[C@@H](CNCc3ccccc3)[C@H]2OCc2ccccc2)O1. The Morgan fingerprint density at radius 1 is 1.06 bits per heavy atom. The van der Waals surface area contributed by atoms with Crippen LogP contribution >= 0.6 is 0 Å². The quantitative estimate of drug-likeness (QED) is 0.676. The molecule has 0 unspecified atom stereocenters. The van der Waals surface area contributed by atoms with Gasteiger partial charge in [-0.05, 0) is 25.0 Å². The topological polar surface area (TPSA) is 78.1 Å². The standard InChI is InChI=1S/C24H30N2O5/c1-24(2)29-16-20(31-24)22-21(28-15-18-11-7-4-8-12-18)19(26-23(27)30-22)14-25-13-17-9-5-3-6-10-17/h3-12,19-22,25H,13-16H2,1-2H3,(H,26,27)/t19-,20+,21+,22+/m0/s1. The third-order valence-electron chi connectivity index (χ3n) is 5.49. The molecule has 0 bridgehead atoms. The highest BCUT2D eigenvalue weighted by molar-refractivity contribution is 5.69. The molecule has 2 N–H and O–H groups in total. The zero-order valence-electron chi connectivity index (χ0n) is 18.0. The van der Waals surface area contributed by atoms with Crippen LogP contribution in [0.15, 0.2) is 60.7 Å². The summed E-state index contributed by atoms with van der Waals surface area (Å²) in [4.78, 5) is 12.3. The smallest absolute Gasteiger partial charge is 0.407 e. The molecule has 31 heavy (non-hydrogen) atoms. The second-order valence-corrected chi connectivity index (χ2v) is 8.37. The van der Waals surface area contributed by atoms with Crippen molar-refractivity contribution in [3.8, 4) is 0 Å². The van der Waals surface area contributed by atoms with Crippen molar-refractivity contribution in [1.82, 2.24) is 10.6 Å². The molecule has 0 spiro atoms. The Kier molecular flexibility index (Phi) is 6.87. The Bertz CT molecular complexity index is 846. The van der Waals surface area contributed by atoms with E-state index in [1.807, 2.05) is 62.4 Å². The third-order valence-corrected chi connectivity index (χ3v) is 5.49. The highest BCUT2D eigenvalue weighted by Crippen LogP contribution is 2.30. The van der Waals surface area contributed by atoms with Gasteiger partial charge in [0.2, 0.25) is 0 Å². The molecule has 0 radical (unpaired) electrons. The van der Waals surface area contributed by atoms with Crippen molar-refractivity contribution in [2.24, 2.45) is 0 Å². The van der Waals surface area contributed by atoms with Gasteiger partial charge < -0.3 is 29.6 Å². The molecule has 4 rings (SSSR count). The summed E-state index contributed by atoms with van der Waals surface area (Å²) in [5.74, 6) is -0.715. The van der Waals surface area contributed by atoms with Gasteiger partial charge in [-0.2, -0.15) is 0 Å². The van der Waals surface area contributed by atoms with Crippen molar-refractivity contribution in [3.05, 3.63) is 71.8 Å². The minimum Gasteiger partial charge on any atom is -0.440 e. The average molecular weight is 427 g/mol.